The smallest absolute Gasteiger partial charge is 0.349 e. The van der Waals surface area contributed by atoms with E-state index in [2.05, 4.69) is 10.6 Å². The highest BCUT2D eigenvalue weighted by Gasteiger charge is 2.38. The molecule has 3 nitrogen and oxygen atoms in total. The fraction of sp³-hybridized carbons (Fsp3) is 0.462. The molecule has 0 saturated carbocycles. The predicted molar refractivity (Wildman–Crippen MR) is 62.9 cm³/mol. The number of carbonyl (C=O) groups is 1. The molecule has 102 valence electrons. The van der Waals surface area contributed by atoms with Crippen LogP contribution in [0.3, 0.4) is 0 Å². The molecule has 1 aromatic carbocycles. The van der Waals surface area contributed by atoms with Crippen LogP contribution in [-0.2, 0) is 6.18 Å². The molecule has 2 atom stereocenters. The Bertz CT molecular complexity index is 527. The molecule has 2 aliphatic rings. The molecule has 1 unspecified atom stereocenters. The third kappa shape index (κ3) is 2.10. The molecule has 1 fully saturated rings. The van der Waals surface area contributed by atoms with Crippen LogP contribution in [0.1, 0.15) is 33.8 Å². The molecule has 6 heteroatoms. The molecular weight excluding hydrogens is 257 g/mol. The monoisotopic (exact) mass is 270 g/mol. The van der Waals surface area contributed by atoms with Crippen molar-refractivity contribution in [1.29, 1.82) is 0 Å². The third-order valence-corrected chi connectivity index (χ3v) is 3.82. The first-order valence-corrected chi connectivity index (χ1v) is 6.19. The van der Waals surface area contributed by atoms with Gasteiger partial charge in [-0.15, -0.1) is 0 Å². The summed E-state index contributed by atoms with van der Waals surface area (Å²) < 4.78 is 38.0. The number of piperidine rings is 1. The summed E-state index contributed by atoms with van der Waals surface area (Å²) in [6, 6.07) is 3.48. The lowest BCUT2D eigenvalue weighted by Crippen LogP contribution is -2.51. The van der Waals surface area contributed by atoms with Gasteiger partial charge in [0.1, 0.15) is 0 Å². The molecule has 1 saturated heterocycles. The van der Waals surface area contributed by atoms with Crippen molar-refractivity contribution in [1.82, 2.24) is 10.6 Å². The molecule has 2 aliphatic heterocycles. The van der Waals surface area contributed by atoms with Gasteiger partial charge in [-0.25, -0.2) is 0 Å². The summed E-state index contributed by atoms with van der Waals surface area (Å²) in [6.45, 7) is 1.50. The standard InChI is InChI=1S/C13H13F3N2O/c14-13(15,16)7-1-2-8-9(5-7)12(19)18-11-3-4-17-6-10(8)11/h1-2,5,10-11,17H,3-4,6H2,(H,18,19)/t10?,11-/m0/s1. The Hall–Kier alpha value is -1.56. The Morgan fingerprint density at radius 3 is 2.79 bits per heavy atom. The van der Waals surface area contributed by atoms with Crippen molar-refractivity contribution in [3.05, 3.63) is 34.9 Å². The van der Waals surface area contributed by atoms with E-state index in [1.54, 1.807) is 0 Å². The number of fused-ring (bicyclic) bond motifs is 3. The Morgan fingerprint density at radius 2 is 2.05 bits per heavy atom. The summed E-state index contributed by atoms with van der Waals surface area (Å²) in [5.41, 5.74) is 0.0948. The number of carbonyl (C=O) groups excluding carboxylic acids is 1. The fourth-order valence-corrected chi connectivity index (χ4v) is 2.86. The van der Waals surface area contributed by atoms with E-state index < -0.39 is 17.6 Å². The van der Waals surface area contributed by atoms with Crippen molar-refractivity contribution < 1.29 is 18.0 Å². The van der Waals surface area contributed by atoms with Gasteiger partial charge in [-0.2, -0.15) is 13.2 Å². The van der Waals surface area contributed by atoms with Gasteiger partial charge in [0.15, 0.2) is 0 Å². The Balaban J connectivity index is 2.05. The van der Waals surface area contributed by atoms with Crippen LogP contribution in [0.5, 0.6) is 0 Å². The number of amides is 1. The number of halogens is 3. The molecule has 3 rings (SSSR count). The van der Waals surface area contributed by atoms with Crippen LogP contribution in [0.4, 0.5) is 13.2 Å². The van der Waals surface area contributed by atoms with Gasteiger partial charge < -0.3 is 10.6 Å². The van der Waals surface area contributed by atoms with Gasteiger partial charge in [0.25, 0.3) is 5.91 Å². The fourth-order valence-electron chi connectivity index (χ4n) is 2.86. The van der Waals surface area contributed by atoms with Crippen molar-refractivity contribution in [2.75, 3.05) is 13.1 Å². The molecular formula is C13H13F3N2O. The van der Waals surface area contributed by atoms with Gasteiger partial charge in [0, 0.05) is 24.1 Å². The number of alkyl halides is 3. The summed E-state index contributed by atoms with van der Waals surface area (Å²) in [5, 5.41) is 6.02. The second-order valence-corrected chi connectivity index (χ2v) is 4.98. The zero-order chi connectivity index (χ0) is 13.6. The van der Waals surface area contributed by atoms with Crippen molar-refractivity contribution in [2.24, 2.45) is 0 Å². The second kappa shape index (κ2) is 4.23. The zero-order valence-corrected chi connectivity index (χ0v) is 10.1. The van der Waals surface area contributed by atoms with Gasteiger partial charge in [-0.1, -0.05) is 6.07 Å². The lowest BCUT2D eigenvalue weighted by atomic mass is 9.80. The topological polar surface area (TPSA) is 41.1 Å². The largest absolute Gasteiger partial charge is 0.416 e. The minimum atomic E-state index is -4.42. The van der Waals surface area contributed by atoms with Crippen LogP contribution in [0.2, 0.25) is 0 Å². The maximum absolute atomic E-state index is 12.7. The first kappa shape index (κ1) is 12.5. The lowest BCUT2D eigenvalue weighted by Gasteiger charge is -2.38. The average molecular weight is 270 g/mol. The van der Waals surface area contributed by atoms with Crippen LogP contribution in [-0.4, -0.2) is 25.0 Å². The minimum Gasteiger partial charge on any atom is -0.349 e. The summed E-state index contributed by atoms with van der Waals surface area (Å²) in [6.07, 6.45) is -3.62. The first-order chi connectivity index (χ1) is 8.97. The predicted octanol–water partition coefficient (Wildman–Crippen LogP) is 1.89. The molecule has 0 bridgehead atoms. The van der Waals surface area contributed by atoms with E-state index in [-0.39, 0.29) is 17.5 Å². The van der Waals surface area contributed by atoms with E-state index in [1.807, 2.05) is 0 Å². The van der Waals surface area contributed by atoms with Gasteiger partial charge in [0.2, 0.25) is 0 Å². The van der Waals surface area contributed by atoms with Gasteiger partial charge in [-0.3, -0.25) is 4.79 Å². The highest BCUT2D eigenvalue weighted by molar-refractivity contribution is 5.97. The van der Waals surface area contributed by atoms with Crippen LogP contribution < -0.4 is 10.6 Å². The number of hydrogen-bond acceptors (Lipinski definition) is 2. The molecule has 0 radical (unpaired) electrons. The van der Waals surface area contributed by atoms with Crippen LogP contribution >= 0.6 is 0 Å². The van der Waals surface area contributed by atoms with Gasteiger partial charge in [0.05, 0.1) is 5.56 Å². The molecule has 0 aliphatic carbocycles. The van der Waals surface area contributed by atoms with E-state index >= 15 is 0 Å². The van der Waals surface area contributed by atoms with E-state index in [4.69, 9.17) is 0 Å². The summed E-state index contributed by atoms with van der Waals surface area (Å²) in [4.78, 5) is 11.9. The number of benzene rings is 1. The molecule has 2 N–H and O–H groups in total. The van der Waals surface area contributed by atoms with E-state index in [9.17, 15) is 18.0 Å². The maximum atomic E-state index is 12.7. The maximum Gasteiger partial charge on any atom is 0.416 e. The van der Waals surface area contributed by atoms with Crippen LogP contribution in [0.15, 0.2) is 18.2 Å². The number of hydrogen-bond donors (Lipinski definition) is 2. The van der Waals surface area contributed by atoms with Gasteiger partial charge in [-0.05, 0) is 30.7 Å². The average Bonchev–Trinajstić information content (AvgIpc) is 2.37. The second-order valence-electron chi connectivity index (χ2n) is 4.98. The first-order valence-electron chi connectivity index (χ1n) is 6.19. The molecule has 1 amide bonds. The van der Waals surface area contributed by atoms with Crippen molar-refractivity contribution >= 4 is 5.91 Å². The minimum absolute atomic E-state index is 0.0259. The van der Waals surface area contributed by atoms with E-state index in [1.165, 1.54) is 6.07 Å². The highest BCUT2D eigenvalue weighted by Crippen LogP contribution is 2.35. The van der Waals surface area contributed by atoms with Crippen molar-refractivity contribution in [3.8, 4) is 0 Å². The normalized spacial score (nSPS) is 26.4. The SMILES string of the molecule is O=C1N[C@H]2CCNCC2c2ccc(C(F)(F)F)cc21. The van der Waals surface area contributed by atoms with E-state index in [0.717, 1.165) is 25.1 Å². The summed E-state index contributed by atoms with van der Waals surface area (Å²) in [7, 11) is 0. The molecule has 2 heterocycles. The third-order valence-electron chi connectivity index (χ3n) is 3.82. The van der Waals surface area contributed by atoms with Crippen LogP contribution in [0, 0.1) is 0 Å². The molecule has 0 spiro atoms. The number of nitrogens with one attached hydrogen (secondary N) is 2. The van der Waals surface area contributed by atoms with E-state index in [0.29, 0.717) is 12.1 Å². The molecule has 1 aromatic rings. The van der Waals surface area contributed by atoms with Crippen LogP contribution in [0.25, 0.3) is 0 Å². The zero-order valence-electron chi connectivity index (χ0n) is 10.1. The quantitative estimate of drug-likeness (QED) is 0.756. The molecule has 19 heavy (non-hydrogen) atoms. The lowest BCUT2D eigenvalue weighted by molar-refractivity contribution is -0.137. The Kier molecular flexibility index (Phi) is 2.78. The van der Waals surface area contributed by atoms with Gasteiger partial charge >= 0.3 is 6.18 Å². The summed E-state index contributed by atoms with van der Waals surface area (Å²) in [5.74, 6) is -0.340. The Morgan fingerprint density at radius 1 is 1.26 bits per heavy atom. The van der Waals surface area contributed by atoms with Crippen molar-refractivity contribution in [3.63, 3.8) is 0 Å². The molecule has 0 aromatic heterocycles. The highest BCUT2D eigenvalue weighted by atomic mass is 19.4. The van der Waals surface area contributed by atoms with Crippen molar-refractivity contribution in [2.45, 2.75) is 24.6 Å². The Labute approximate surface area is 108 Å². The summed E-state index contributed by atoms with van der Waals surface area (Å²) >= 11 is 0. The number of rotatable bonds is 0.